The maximum atomic E-state index is 12.5. The molecule has 0 fully saturated rings. The van der Waals surface area contributed by atoms with Gasteiger partial charge in [-0.2, -0.15) is 0 Å². The van der Waals surface area contributed by atoms with Gasteiger partial charge in [-0.1, -0.05) is 29.0 Å². The first-order chi connectivity index (χ1) is 14.0. The van der Waals surface area contributed by atoms with Gasteiger partial charge in [-0.05, 0) is 30.3 Å². The monoisotopic (exact) mass is 427 g/mol. The van der Waals surface area contributed by atoms with Gasteiger partial charge in [-0.15, -0.1) is 0 Å². The number of halogens is 1. The van der Waals surface area contributed by atoms with E-state index in [0.29, 0.717) is 27.2 Å². The Labute approximate surface area is 174 Å². The molecule has 0 aliphatic heterocycles. The Kier molecular flexibility index (Phi) is 5.20. The van der Waals surface area contributed by atoms with Crippen molar-refractivity contribution >= 4 is 44.2 Å². The lowest BCUT2D eigenvalue weighted by Gasteiger charge is -2.06. The number of methoxy groups -OCH3 is 1. The Bertz CT molecular complexity index is 1210. The van der Waals surface area contributed by atoms with Crippen molar-refractivity contribution < 1.29 is 19.4 Å². The zero-order chi connectivity index (χ0) is 20.4. The summed E-state index contributed by atoms with van der Waals surface area (Å²) < 4.78 is 11.6. The number of benzene rings is 2. The van der Waals surface area contributed by atoms with E-state index in [2.05, 4.69) is 15.3 Å². The highest BCUT2D eigenvalue weighted by Gasteiger charge is 2.18. The van der Waals surface area contributed by atoms with Crippen LogP contribution in [0, 0.1) is 0 Å². The third-order valence-corrected chi connectivity index (χ3v) is 5.10. The van der Waals surface area contributed by atoms with E-state index >= 15 is 0 Å². The molecular formula is C20H14ClN3O4S. The molecule has 4 rings (SSSR count). The summed E-state index contributed by atoms with van der Waals surface area (Å²) in [5.74, 6) is 0.488. The molecule has 2 aromatic carbocycles. The molecular weight excluding hydrogens is 414 g/mol. The van der Waals surface area contributed by atoms with E-state index in [0.717, 1.165) is 4.70 Å². The molecule has 2 aromatic heterocycles. The summed E-state index contributed by atoms with van der Waals surface area (Å²) in [7, 11) is 1.40. The number of rotatable bonds is 5. The highest BCUT2D eigenvalue weighted by atomic mass is 35.5. The Morgan fingerprint density at radius 2 is 2.00 bits per heavy atom. The molecule has 7 nitrogen and oxygen atoms in total. The van der Waals surface area contributed by atoms with Gasteiger partial charge in [0.1, 0.15) is 11.5 Å². The number of anilines is 1. The second-order valence-electron chi connectivity index (χ2n) is 5.87. The molecule has 0 saturated heterocycles. The van der Waals surface area contributed by atoms with Crippen LogP contribution in [0.3, 0.4) is 0 Å². The largest absolute Gasteiger partial charge is 0.503 e. The quantitative estimate of drug-likeness (QED) is 0.460. The van der Waals surface area contributed by atoms with Crippen LogP contribution in [0.1, 0.15) is 10.5 Å². The third kappa shape index (κ3) is 4.08. The first-order valence-electron chi connectivity index (χ1n) is 8.41. The minimum atomic E-state index is -0.587. The van der Waals surface area contributed by atoms with Gasteiger partial charge in [0.15, 0.2) is 22.3 Å². The van der Waals surface area contributed by atoms with E-state index in [9.17, 15) is 9.90 Å². The van der Waals surface area contributed by atoms with Crippen LogP contribution in [0.2, 0.25) is 5.02 Å². The number of hydrogen-bond donors (Lipinski definition) is 2. The van der Waals surface area contributed by atoms with Crippen molar-refractivity contribution in [3.63, 3.8) is 0 Å². The van der Waals surface area contributed by atoms with E-state index < -0.39 is 5.91 Å². The predicted molar refractivity (Wildman–Crippen MR) is 112 cm³/mol. The van der Waals surface area contributed by atoms with Crippen LogP contribution in [0.15, 0.2) is 54.7 Å². The number of fused-ring (bicyclic) bond motifs is 1. The van der Waals surface area contributed by atoms with Gasteiger partial charge in [-0.3, -0.25) is 10.1 Å². The number of nitrogens with zero attached hydrogens (tertiary/aromatic N) is 2. The lowest BCUT2D eigenvalue weighted by molar-refractivity contribution is 0.101. The van der Waals surface area contributed by atoms with E-state index in [-0.39, 0.29) is 17.2 Å². The number of carbonyl (C=O) groups excluding carboxylic acids is 1. The minimum Gasteiger partial charge on any atom is -0.503 e. The van der Waals surface area contributed by atoms with E-state index in [4.69, 9.17) is 21.1 Å². The molecule has 29 heavy (non-hydrogen) atoms. The van der Waals surface area contributed by atoms with Crippen molar-refractivity contribution in [2.75, 3.05) is 12.4 Å². The van der Waals surface area contributed by atoms with Crippen molar-refractivity contribution in [2.45, 2.75) is 0 Å². The molecule has 0 unspecified atom stereocenters. The molecule has 0 atom stereocenters. The van der Waals surface area contributed by atoms with Crippen molar-refractivity contribution in [1.29, 1.82) is 0 Å². The maximum absolute atomic E-state index is 12.5. The van der Waals surface area contributed by atoms with Crippen LogP contribution in [-0.4, -0.2) is 28.1 Å². The van der Waals surface area contributed by atoms with Gasteiger partial charge in [0.25, 0.3) is 5.91 Å². The van der Waals surface area contributed by atoms with E-state index in [1.807, 2.05) is 12.1 Å². The summed E-state index contributed by atoms with van der Waals surface area (Å²) in [6.45, 7) is 0. The van der Waals surface area contributed by atoms with Crippen molar-refractivity contribution in [3.8, 4) is 23.0 Å². The highest BCUT2D eigenvalue weighted by molar-refractivity contribution is 7.22. The topological polar surface area (TPSA) is 93.6 Å². The van der Waals surface area contributed by atoms with Crippen LogP contribution in [0.4, 0.5) is 5.13 Å². The van der Waals surface area contributed by atoms with Gasteiger partial charge in [0.05, 0.1) is 17.3 Å². The van der Waals surface area contributed by atoms with Gasteiger partial charge >= 0.3 is 0 Å². The zero-order valence-electron chi connectivity index (χ0n) is 15.0. The standard InChI is InChI=1S/C20H14ClN3O4S/c1-27-15-7-8-22-17(18(15)25)19(26)24-20-23-14-6-5-13(10-16(14)29-20)28-12-4-2-3-11(21)9-12/h2-10,25H,1H3,(H,23,24,26). The second kappa shape index (κ2) is 7.94. The summed E-state index contributed by atoms with van der Waals surface area (Å²) in [6, 6.07) is 14.0. The number of hydrogen-bond acceptors (Lipinski definition) is 7. The molecule has 0 radical (unpaired) electrons. The lowest BCUT2D eigenvalue weighted by atomic mass is 10.3. The minimum absolute atomic E-state index is 0.145. The fourth-order valence-corrected chi connectivity index (χ4v) is 3.68. The smallest absolute Gasteiger partial charge is 0.280 e. The predicted octanol–water partition coefficient (Wildman–Crippen LogP) is 5.10. The number of aromatic hydroxyl groups is 1. The first kappa shape index (κ1) is 19.0. The first-order valence-corrected chi connectivity index (χ1v) is 9.60. The molecule has 0 spiro atoms. The Hall–Kier alpha value is -3.36. The second-order valence-corrected chi connectivity index (χ2v) is 7.34. The highest BCUT2D eigenvalue weighted by Crippen LogP contribution is 2.33. The molecule has 146 valence electrons. The van der Waals surface area contributed by atoms with Crippen molar-refractivity contribution in [1.82, 2.24) is 9.97 Å². The number of aromatic nitrogens is 2. The number of nitrogens with one attached hydrogen (secondary N) is 1. The number of carbonyl (C=O) groups is 1. The Balaban J connectivity index is 1.55. The maximum Gasteiger partial charge on any atom is 0.280 e. The zero-order valence-corrected chi connectivity index (χ0v) is 16.6. The van der Waals surface area contributed by atoms with Gasteiger partial charge in [0, 0.05) is 23.4 Å². The van der Waals surface area contributed by atoms with Crippen molar-refractivity contribution in [2.24, 2.45) is 0 Å². The van der Waals surface area contributed by atoms with E-state index in [1.165, 1.54) is 30.7 Å². The number of thiazole rings is 1. The summed E-state index contributed by atoms with van der Waals surface area (Å²) in [4.78, 5) is 20.8. The average molecular weight is 428 g/mol. The van der Waals surface area contributed by atoms with Crippen LogP contribution in [-0.2, 0) is 0 Å². The molecule has 0 aliphatic carbocycles. The number of pyridine rings is 1. The Morgan fingerprint density at radius 1 is 1.17 bits per heavy atom. The van der Waals surface area contributed by atoms with Crippen LogP contribution < -0.4 is 14.8 Å². The number of ether oxygens (including phenoxy) is 2. The molecule has 2 N–H and O–H groups in total. The molecule has 4 aromatic rings. The fraction of sp³-hybridized carbons (Fsp3) is 0.0500. The van der Waals surface area contributed by atoms with Crippen LogP contribution >= 0.6 is 22.9 Å². The molecule has 0 saturated carbocycles. The fourth-order valence-electron chi connectivity index (χ4n) is 2.61. The summed E-state index contributed by atoms with van der Waals surface area (Å²) >= 11 is 7.25. The summed E-state index contributed by atoms with van der Waals surface area (Å²) in [5, 5.41) is 13.7. The van der Waals surface area contributed by atoms with Crippen molar-refractivity contribution in [3.05, 3.63) is 65.4 Å². The van der Waals surface area contributed by atoms with Gasteiger partial charge < -0.3 is 14.6 Å². The lowest BCUT2D eigenvalue weighted by Crippen LogP contribution is -2.13. The van der Waals surface area contributed by atoms with Crippen LogP contribution in [0.5, 0.6) is 23.0 Å². The molecule has 0 bridgehead atoms. The van der Waals surface area contributed by atoms with Gasteiger partial charge in [-0.25, -0.2) is 9.97 Å². The molecule has 1 amide bonds. The van der Waals surface area contributed by atoms with E-state index in [1.54, 1.807) is 30.3 Å². The molecule has 2 heterocycles. The van der Waals surface area contributed by atoms with Gasteiger partial charge in [0.2, 0.25) is 0 Å². The van der Waals surface area contributed by atoms with Crippen LogP contribution in [0.25, 0.3) is 10.2 Å². The summed E-state index contributed by atoms with van der Waals surface area (Å²) in [5.41, 5.74) is 0.556. The average Bonchev–Trinajstić information content (AvgIpc) is 3.09. The number of amides is 1. The Morgan fingerprint density at radius 3 is 2.79 bits per heavy atom. The molecule has 0 aliphatic rings. The normalized spacial score (nSPS) is 10.7. The molecule has 9 heteroatoms. The summed E-state index contributed by atoms with van der Waals surface area (Å²) in [6.07, 6.45) is 1.38. The third-order valence-electron chi connectivity index (χ3n) is 3.93. The SMILES string of the molecule is COc1ccnc(C(=O)Nc2nc3ccc(Oc4cccc(Cl)c4)cc3s2)c1O.